The quantitative estimate of drug-likeness (QED) is 0.376. The Hall–Kier alpha value is -2.38. The number of thioether (sulfide) groups is 1. The largest absolute Gasteiger partial charge is 0.352 e. The molecule has 3 aromatic rings. The predicted octanol–water partition coefficient (Wildman–Crippen LogP) is 5.60. The lowest BCUT2D eigenvalue weighted by atomic mass is 9.78. The number of rotatable bonds is 5. The first-order valence-electron chi connectivity index (χ1n) is 11.2. The van der Waals surface area contributed by atoms with Crippen LogP contribution in [-0.2, 0) is 4.79 Å². The van der Waals surface area contributed by atoms with E-state index in [1.807, 2.05) is 6.07 Å². The summed E-state index contributed by atoms with van der Waals surface area (Å²) >= 11 is 7.20. The summed E-state index contributed by atoms with van der Waals surface area (Å²) in [5, 5.41) is 3.42. The van der Waals surface area contributed by atoms with E-state index in [2.05, 4.69) is 24.1 Å². The fourth-order valence-corrected chi connectivity index (χ4v) is 5.45. The number of carbonyl (C=O) groups excluding carboxylic acids is 1. The van der Waals surface area contributed by atoms with Gasteiger partial charge in [-0.05, 0) is 55.5 Å². The number of benzene rings is 2. The molecular weight excluding hydrogens is 461 g/mol. The maximum Gasteiger partial charge on any atom is 0.266 e. The molecule has 1 amide bonds. The Kier molecular flexibility index (Phi) is 7.10. The van der Waals surface area contributed by atoms with Crippen molar-refractivity contribution in [2.24, 2.45) is 11.8 Å². The molecule has 1 aliphatic rings. The van der Waals surface area contributed by atoms with Gasteiger partial charge in [0.2, 0.25) is 5.91 Å². The molecule has 2 aromatic carbocycles. The van der Waals surface area contributed by atoms with Gasteiger partial charge in [0, 0.05) is 6.04 Å². The number of hydrogen-bond acceptors (Lipinski definition) is 4. The molecule has 0 aliphatic heterocycles. The lowest BCUT2D eigenvalue weighted by Gasteiger charge is -2.35. The van der Waals surface area contributed by atoms with Crippen LogP contribution in [0.3, 0.4) is 0 Å². The molecule has 174 valence electrons. The molecule has 33 heavy (non-hydrogen) atoms. The minimum Gasteiger partial charge on any atom is -0.352 e. The van der Waals surface area contributed by atoms with Crippen LogP contribution in [0.5, 0.6) is 0 Å². The molecule has 5 nitrogen and oxygen atoms in total. The third-order valence-corrected chi connectivity index (χ3v) is 7.93. The van der Waals surface area contributed by atoms with Crippen LogP contribution in [0, 0.1) is 17.7 Å². The Morgan fingerprint density at radius 1 is 1.24 bits per heavy atom. The maximum atomic E-state index is 13.8. The summed E-state index contributed by atoms with van der Waals surface area (Å²) < 4.78 is 15.2. The zero-order chi connectivity index (χ0) is 23.7. The van der Waals surface area contributed by atoms with Crippen LogP contribution < -0.4 is 10.9 Å². The average molecular weight is 488 g/mol. The summed E-state index contributed by atoms with van der Waals surface area (Å²) in [6.07, 6.45) is 3.27. The van der Waals surface area contributed by atoms with Crippen LogP contribution in [-0.4, -0.2) is 26.8 Å². The first-order chi connectivity index (χ1) is 15.8. The highest BCUT2D eigenvalue weighted by Crippen LogP contribution is 2.31. The van der Waals surface area contributed by atoms with Crippen molar-refractivity contribution in [2.45, 2.75) is 56.5 Å². The van der Waals surface area contributed by atoms with Crippen molar-refractivity contribution in [2.75, 3.05) is 0 Å². The highest BCUT2D eigenvalue weighted by molar-refractivity contribution is 8.00. The van der Waals surface area contributed by atoms with Gasteiger partial charge in [-0.25, -0.2) is 9.37 Å². The number of hydrogen-bond donors (Lipinski definition) is 1. The summed E-state index contributed by atoms with van der Waals surface area (Å²) in [6, 6.07) is 11.3. The van der Waals surface area contributed by atoms with Crippen molar-refractivity contribution in [1.82, 2.24) is 14.9 Å². The van der Waals surface area contributed by atoms with E-state index in [1.165, 1.54) is 40.9 Å². The molecule has 0 spiro atoms. The van der Waals surface area contributed by atoms with Gasteiger partial charge in [0.15, 0.2) is 5.16 Å². The van der Waals surface area contributed by atoms with Crippen LogP contribution in [0.2, 0.25) is 5.02 Å². The minimum atomic E-state index is -0.569. The smallest absolute Gasteiger partial charge is 0.266 e. The molecule has 1 aromatic heterocycles. The van der Waals surface area contributed by atoms with Gasteiger partial charge in [-0.15, -0.1) is 0 Å². The van der Waals surface area contributed by atoms with E-state index in [4.69, 9.17) is 11.6 Å². The second-order valence-electron chi connectivity index (χ2n) is 8.79. The molecular formula is C25H27ClFN3O2S. The first-order valence-corrected chi connectivity index (χ1v) is 12.5. The van der Waals surface area contributed by atoms with Gasteiger partial charge in [0.1, 0.15) is 5.82 Å². The molecule has 4 rings (SSSR count). The standard InChI is InChI=1S/C25H27ClFN3O2S/c1-14-7-6-10-21(15(14)2)28-23(31)16(3)33-25-29-22-9-5-4-8-18(22)24(32)30(25)17-11-12-20(27)19(26)13-17/h4-5,8-9,11-16,21H,6-7,10H2,1-3H3,(H,28,31)/t14-,15+,16-,21-/m1/s1. The Bertz CT molecular complexity index is 1250. The van der Waals surface area contributed by atoms with Crippen molar-refractivity contribution in [1.29, 1.82) is 0 Å². The monoisotopic (exact) mass is 487 g/mol. The summed E-state index contributed by atoms with van der Waals surface area (Å²) in [4.78, 5) is 31.1. The van der Waals surface area contributed by atoms with Crippen molar-refractivity contribution in [3.63, 3.8) is 0 Å². The van der Waals surface area contributed by atoms with Gasteiger partial charge in [-0.1, -0.05) is 62.2 Å². The molecule has 8 heteroatoms. The number of halogens is 2. The number of nitrogens with one attached hydrogen (secondary N) is 1. The van der Waals surface area contributed by atoms with E-state index < -0.39 is 11.1 Å². The summed E-state index contributed by atoms with van der Waals surface area (Å²) in [5.41, 5.74) is 0.638. The van der Waals surface area contributed by atoms with Gasteiger partial charge in [0.05, 0.1) is 26.9 Å². The molecule has 1 heterocycles. The van der Waals surface area contributed by atoms with Crippen molar-refractivity contribution < 1.29 is 9.18 Å². The fourth-order valence-electron chi connectivity index (χ4n) is 4.34. The molecule has 4 atom stereocenters. The normalized spacial score (nSPS) is 21.7. The zero-order valence-corrected chi connectivity index (χ0v) is 20.4. The molecule has 1 saturated carbocycles. The number of nitrogens with zero attached hydrogens (tertiary/aromatic N) is 2. The van der Waals surface area contributed by atoms with E-state index in [0.29, 0.717) is 33.6 Å². The van der Waals surface area contributed by atoms with Gasteiger partial charge in [-0.2, -0.15) is 0 Å². The van der Waals surface area contributed by atoms with Crippen LogP contribution in [0.15, 0.2) is 52.4 Å². The van der Waals surface area contributed by atoms with Crippen LogP contribution in [0.4, 0.5) is 4.39 Å². The third kappa shape index (κ3) is 4.94. The summed E-state index contributed by atoms with van der Waals surface area (Å²) in [6.45, 7) is 6.22. The maximum absolute atomic E-state index is 13.8. The molecule has 1 N–H and O–H groups in total. The van der Waals surface area contributed by atoms with E-state index in [1.54, 1.807) is 25.1 Å². The van der Waals surface area contributed by atoms with E-state index in [9.17, 15) is 14.0 Å². The van der Waals surface area contributed by atoms with Crippen molar-refractivity contribution in [3.05, 3.63) is 63.7 Å². The molecule has 0 bridgehead atoms. The van der Waals surface area contributed by atoms with Crippen LogP contribution >= 0.6 is 23.4 Å². The van der Waals surface area contributed by atoms with E-state index in [-0.39, 0.29) is 22.5 Å². The van der Waals surface area contributed by atoms with Gasteiger partial charge < -0.3 is 5.32 Å². The lowest BCUT2D eigenvalue weighted by Crippen LogP contribution is -2.46. The van der Waals surface area contributed by atoms with Crippen molar-refractivity contribution in [3.8, 4) is 5.69 Å². The number of aromatic nitrogens is 2. The number of carbonyl (C=O) groups is 1. The summed E-state index contributed by atoms with van der Waals surface area (Å²) in [5.74, 6) is 0.331. The Balaban J connectivity index is 1.68. The SMILES string of the molecule is C[C@H]1[C@H](C)CCC[C@H]1NC(=O)[C@@H](C)Sc1nc2ccccc2c(=O)n1-c1ccc(F)c(Cl)c1. The van der Waals surface area contributed by atoms with Gasteiger partial charge in [-0.3, -0.25) is 14.2 Å². The topological polar surface area (TPSA) is 64.0 Å². The molecule has 0 saturated heterocycles. The van der Waals surface area contributed by atoms with Crippen LogP contribution in [0.1, 0.15) is 40.0 Å². The highest BCUT2D eigenvalue weighted by Gasteiger charge is 2.30. The second kappa shape index (κ2) is 9.85. The number of amides is 1. The molecule has 1 aliphatic carbocycles. The fraction of sp³-hybridized carbons (Fsp3) is 0.400. The summed E-state index contributed by atoms with van der Waals surface area (Å²) in [7, 11) is 0. The lowest BCUT2D eigenvalue weighted by molar-refractivity contribution is -0.121. The Morgan fingerprint density at radius 3 is 2.76 bits per heavy atom. The van der Waals surface area contributed by atoms with Gasteiger partial charge >= 0.3 is 0 Å². The number of fused-ring (bicyclic) bond motifs is 1. The number of para-hydroxylation sites is 1. The van der Waals surface area contributed by atoms with Crippen molar-refractivity contribution >= 4 is 40.2 Å². The van der Waals surface area contributed by atoms with E-state index >= 15 is 0 Å². The van der Waals surface area contributed by atoms with Crippen LogP contribution in [0.25, 0.3) is 16.6 Å². The van der Waals surface area contributed by atoms with Gasteiger partial charge in [0.25, 0.3) is 5.56 Å². The zero-order valence-electron chi connectivity index (χ0n) is 18.8. The molecule has 0 unspecified atom stereocenters. The Morgan fingerprint density at radius 2 is 2.00 bits per heavy atom. The van der Waals surface area contributed by atoms with E-state index in [0.717, 1.165) is 12.8 Å². The predicted molar refractivity (Wildman–Crippen MR) is 132 cm³/mol. The Labute approximate surface area is 201 Å². The third-order valence-electron chi connectivity index (χ3n) is 6.59. The highest BCUT2D eigenvalue weighted by atomic mass is 35.5. The minimum absolute atomic E-state index is 0.0861. The molecule has 1 fully saturated rings. The average Bonchev–Trinajstić information content (AvgIpc) is 2.79. The first kappa shape index (κ1) is 23.8. The second-order valence-corrected chi connectivity index (χ2v) is 10.5. The molecule has 0 radical (unpaired) electrons.